The van der Waals surface area contributed by atoms with Crippen molar-refractivity contribution in [1.82, 2.24) is 5.32 Å². The van der Waals surface area contributed by atoms with Crippen LogP contribution in [-0.2, 0) is 9.59 Å². The molecule has 2 amide bonds. The molecule has 1 saturated heterocycles. The van der Waals surface area contributed by atoms with Gasteiger partial charge in [0.05, 0.1) is 20.3 Å². The number of methoxy groups -OCH3 is 2. The minimum Gasteiger partial charge on any atom is -0.497 e. The number of carbonyl (C=O) groups is 2. The largest absolute Gasteiger partial charge is 0.497 e. The van der Waals surface area contributed by atoms with Crippen LogP contribution in [0.1, 0.15) is 6.42 Å². The molecule has 0 saturated carbocycles. The Labute approximate surface area is 157 Å². The van der Waals surface area contributed by atoms with Crippen LogP contribution in [0.3, 0.4) is 0 Å². The summed E-state index contributed by atoms with van der Waals surface area (Å²) < 4.78 is 15.9. The lowest BCUT2D eigenvalue weighted by Gasteiger charge is -2.18. The van der Waals surface area contributed by atoms with Crippen LogP contribution in [0.4, 0.5) is 5.69 Å². The lowest BCUT2D eigenvalue weighted by atomic mass is 10.2. The number of hydrogen-bond acceptors (Lipinski definition) is 5. The zero-order valence-electron chi connectivity index (χ0n) is 15.3. The molecule has 0 radical (unpaired) electrons. The summed E-state index contributed by atoms with van der Waals surface area (Å²) in [7, 11) is 3.12. The fourth-order valence-corrected chi connectivity index (χ4v) is 2.98. The molecule has 1 heterocycles. The summed E-state index contributed by atoms with van der Waals surface area (Å²) in [6.45, 7) is 0.261. The van der Waals surface area contributed by atoms with Gasteiger partial charge in [0.15, 0.2) is 18.1 Å². The predicted octanol–water partition coefficient (Wildman–Crippen LogP) is 2.00. The Hall–Kier alpha value is -3.22. The van der Waals surface area contributed by atoms with Gasteiger partial charge in [-0.3, -0.25) is 9.59 Å². The van der Waals surface area contributed by atoms with Gasteiger partial charge in [-0.05, 0) is 24.3 Å². The van der Waals surface area contributed by atoms with Crippen LogP contribution in [0, 0.1) is 0 Å². The fraction of sp³-hybridized carbons (Fsp3) is 0.300. The molecule has 1 fully saturated rings. The molecule has 0 aliphatic carbocycles. The first kappa shape index (κ1) is 18.6. The van der Waals surface area contributed by atoms with E-state index in [0.29, 0.717) is 23.8 Å². The van der Waals surface area contributed by atoms with Gasteiger partial charge >= 0.3 is 0 Å². The number of benzene rings is 2. The summed E-state index contributed by atoms with van der Waals surface area (Å²) in [5.41, 5.74) is 0.751. The molecular formula is C20H22N2O5. The minimum absolute atomic E-state index is 0.0424. The first-order chi connectivity index (χ1) is 13.1. The van der Waals surface area contributed by atoms with Crippen molar-refractivity contribution in [2.75, 3.05) is 32.3 Å². The molecule has 1 atom stereocenters. The zero-order chi connectivity index (χ0) is 19.2. The molecule has 1 aliphatic rings. The lowest BCUT2D eigenvalue weighted by molar-refractivity contribution is -0.123. The number of nitrogens with one attached hydrogen (secondary N) is 1. The zero-order valence-corrected chi connectivity index (χ0v) is 15.3. The van der Waals surface area contributed by atoms with Crippen LogP contribution in [-0.4, -0.2) is 45.2 Å². The van der Waals surface area contributed by atoms with E-state index in [-0.39, 0.29) is 30.9 Å². The quantitative estimate of drug-likeness (QED) is 0.807. The van der Waals surface area contributed by atoms with E-state index in [2.05, 4.69) is 5.32 Å². The van der Waals surface area contributed by atoms with Crippen molar-refractivity contribution in [3.8, 4) is 17.2 Å². The molecule has 1 aliphatic heterocycles. The van der Waals surface area contributed by atoms with Crippen LogP contribution in [0.5, 0.6) is 17.2 Å². The second kappa shape index (κ2) is 8.44. The molecule has 0 aromatic heterocycles. The SMILES string of the molecule is COc1cccc(N2C[C@@H](NC(=O)COc3ccccc3OC)CC2=O)c1. The van der Waals surface area contributed by atoms with Gasteiger partial charge in [0.1, 0.15) is 5.75 Å². The molecule has 1 N–H and O–H groups in total. The summed E-state index contributed by atoms with van der Waals surface area (Å²) >= 11 is 0. The summed E-state index contributed by atoms with van der Waals surface area (Å²) in [6.07, 6.45) is 0.248. The van der Waals surface area contributed by atoms with Gasteiger partial charge < -0.3 is 24.4 Å². The normalized spacial score (nSPS) is 16.1. The third kappa shape index (κ3) is 4.49. The Morgan fingerprint density at radius 2 is 1.89 bits per heavy atom. The van der Waals surface area contributed by atoms with E-state index in [1.54, 1.807) is 43.4 Å². The maximum Gasteiger partial charge on any atom is 0.258 e. The Morgan fingerprint density at radius 1 is 1.11 bits per heavy atom. The average Bonchev–Trinajstić information content (AvgIpc) is 3.06. The highest BCUT2D eigenvalue weighted by atomic mass is 16.5. The maximum absolute atomic E-state index is 12.3. The molecule has 27 heavy (non-hydrogen) atoms. The third-order valence-corrected chi connectivity index (χ3v) is 4.28. The smallest absolute Gasteiger partial charge is 0.258 e. The van der Waals surface area contributed by atoms with Crippen LogP contribution >= 0.6 is 0 Å². The average molecular weight is 370 g/mol. The molecule has 7 heteroatoms. The summed E-state index contributed by atoms with van der Waals surface area (Å²) in [5, 5.41) is 2.85. The van der Waals surface area contributed by atoms with Crippen LogP contribution in [0.15, 0.2) is 48.5 Å². The van der Waals surface area contributed by atoms with Crippen molar-refractivity contribution < 1.29 is 23.8 Å². The van der Waals surface area contributed by atoms with Crippen LogP contribution in [0.25, 0.3) is 0 Å². The van der Waals surface area contributed by atoms with Gasteiger partial charge in [0.2, 0.25) is 5.91 Å². The highest BCUT2D eigenvalue weighted by Crippen LogP contribution is 2.26. The van der Waals surface area contributed by atoms with Gasteiger partial charge in [0.25, 0.3) is 5.91 Å². The second-order valence-corrected chi connectivity index (χ2v) is 6.11. The first-order valence-electron chi connectivity index (χ1n) is 8.60. The van der Waals surface area contributed by atoms with E-state index in [0.717, 1.165) is 5.69 Å². The van der Waals surface area contributed by atoms with Gasteiger partial charge in [-0.15, -0.1) is 0 Å². The van der Waals surface area contributed by atoms with Crippen molar-refractivity contribution in [1.29, 1.82) is 0 Å². The van der Waals surface area contributed by atoms with Gasteiger partial charge in [-0.25, -0.2) is 0 Å². The predicted molar refractivity (Wildman–Crippen MR) is 100 cm³/mol. The van der Waals surface area contributed by atoms with Crippen molar-refractivity contribution in [3.63, 3.8) is 0 Å². The number of amides is 2. The Morgan fingerprint density at radius 3 is 2.63 bits per heavy atom. The van der Waals surface area contributed by atoms with E-state index in [4.69, 9.17) is 14.2 Å². The minimum atomic E-state index is -0.286. The molecule has 2 aromatic carbocycles. The van der Waals surface area contributed by atoms with Gasteiger partial charge in [-0.1, -0.05) is 18.2 Å². The highest BCUT2D eigenvalue weighted by molar-refractivity contribution is 5.97. The number of hydrogen-bond donors (Lipinski definition) is 1. The Balaban J connectivity index is 1.55. The topological polar surface area (TPSA) is 77.1 Å². The number of rotatable bonds is 7. The summed E-state index contributed by atoms with van der Waals surface area (Å²) in [6, 6.07) is 14.1. The lowest BCUT2D eigenvalue weighted by Crippen LogP contribution is -2.39. The van der Waals surface area contributed by atoms with Crippen LogP contribution < -0.4 is 24.4 Å². The number of carbonyl (C=O) groups excluding carboxylic acids is 2. The summed E-state index contributed by atoms with van der Waals surface area (Å²) in [5.74, 6) is 1.41. The standard InChI is InChI=1S/C20H22N2O5/c1-25-16-7-5-6-15(11-16)22-12-14(10-20(22)24)21-19(23)13-27-18-9-4-3-8-17(18)26-2/h3-9,11,14H,10,12-13H2,1-2H3,(H,21,23)/t14-/m0/s1. The third-order valence-electron chi connectivity index (χ3n) is 4.28. The molecule has 0 bridgehead atoms. The Bertz CT molecular complexity index is 824. The number of ether oxygens (including phenoxy) is 3. The maximum atomic E-state index is 12.3. The monoisotopic (exact) mass is 370 g/mol. The highest BCUT2D eigenvalue weighted by Gasteiger charge is 2.31. The first-order valence-corrected chi connectivity index (χ1v) is 8.60. The van der Waals surface area contributed by atoms with E-state index in [1.165, 1.54) is 0 Å². The van der Waals surface area contributed by atoms with E-state index in [9.17, 15) is 9.59 Å². The Kier molecular flexibility index (Phi) is 5.80. The van der Waals surface area contributed by atoms with E-state index < -0.39 is 0 Å². The molecule has 142 valence electrons. The van der Waals surface area contributed by atoms with Crippen molar-refractivity contribution in [2.24, 2.45) is 0 Å². The molecule has 7 nitrogen and oxygen atoms in total. The van der Waals surface area contributed by atoms with Gasteiger partial charge in [0, 0.05) is 24.7 Å². The molecule has 2 aromatic rings. The number of nitrogens with zero attached hydrogens (tertiary/aromatic N) is 1. The van der Waals surface area contributed by atoms with Crippen LogP contribution in [0.2, 0.25) is 0 Å². The van der Waals surface area contributed by atoms with Crippen molar-refractivity contribution in [2.45, 2.75) is 12.5 Å². The second-order valence-electron chi connectivity index (χ2n) is 6.11. The van der Waals surface area contributed by atoms with Gasteiger partial charge in [-0.2, -0.15) is 0 Å². The van der Waals surface area contributed by atoms with E-state index in [1.807, 2.05) is 24.3 Å². The molecule has 0 spiro atoms. The molecule has 0 unspecified atom stereocenters. The van der Waals surface area contributed by atoms with Crippen molar-refractivity contribution >= 4 is 17.5 Å². The van der Waals surface area contributed by atoms with E-state index >= 15 is 0 Å². The number of para-hydroxylation sites is 2. The van der Waals surface area contributed by atoms with Crippen molar-refractivity contribution in [3.05, 3.63) is 48.5 Å². The fourth-order valence-electron chi connectivity index (χ4n) is 2.98. The molecular weight excluding hydrogens is 348 g/mol. The summed E-state index contributed by atoms with van der Waals surface area (Å²) in [4.78, 5) is 26.2. The number of anilines is 1. The molecule has 3 rings (SSSR count).